The molecule has 1 aliphatic rings. The van der Waals surface area contributed by atoms with Gasteiger partial charge in [-0.3, -0.25) is 0 Å². The van der Waals surface area contributed by atoms with E-state index in [1.54, 1.807) is 0 Å². The van der Waals surface area contributed by atoms with Gasteiger partial charge in [-0.2, -0.15) is 0 Å². The molecule has 0 aromatic rings. The van der Waals surface area contributed by atoms with Crippen LogP contribution in [0.25, 0.3) is 0 Å². The Balaban J connectivity index is 2.50. The highest BCUT2D eigenvalue weighted by atomic mass is 14.9. The molecule has 0 spiro atoms. The molecule has 0 radical (unpaired) electrons. The van der Waals surface area contributed by atoms with Crippen LogP contribution in [0.3, 0.4) is 0 Å². The molecule has 2 unspecified atom stereocenters. The first kappa shape index (κ1) is 8.63. The number of nitrogens with one attached hydrogen (secondary N) is 1. The molecule has 1 nitrogen and oxygen atoms in total. The number of hydrogen-bond acceptors (Lipinski definition) is 1. The van der Waals surface area contributed by atoms with Crippen molar-refractivity contribution in [3.63, 3.8) is 0 Å². The van der Waals surface area contributed by atoms with Crippen molar-refractivity contribution in [3.8, 4) is 0 Å². The van der Waals surface area contributed by atoms with Crippen molar-refractivity contribution >= 4 is 0 Å². The van der Waals surface area contributed by atoms with Crippen LogP contribution in [-0.4, -0.2) is 6.04 Å². The van der Waals surface area contributed by atoms with Gasteiger partial charge in [0, 0.05) is 11.7 Å². The van der Waals surface area contributed by atoms with Crippen molar-refractivity contribution in [2.24, 2.45) is 11.8 Å². The average Bonchev–Trinajstić information content (AvgIpc) is 1.85. The Kier molecular flexibility index (Phi) is 2.58. The lowest BCUT2D eigenvalue weighted by molar-refractivity contribution is 0.255. The van der Waals surface area contributed by atoms with Crippen LogP contribution in [0.1, 0.15) is 33.6 Å². The molecule has 0 aromatic heterocycles. The fourth-order valence-corrected chi connectivity index (χ4v) is 2.00. The molecule has 1 heteroatoms. The standard InChI is InChI=1S/C10H19N/c1-7(2)10-6-5-8(3)11-9(10)4/h7,9-11H,3,5-6H2,1-2,4H3. The largest absolute Gasteiger partial charge is 0.386 e. The van der Waals surface area contributed by atoms with Crippen molar-refractivity contribution in [2.75, 3.05) is 0 Å². The van der Waals surface area contributed by atoms with Gasteiger partial charge in [0.05, 0.1) is 0 Å². The summed E-state index contributed by atoms with van der Waals surface area (Å²) < 4.78 is 0. The van der Waals surface area contributed by atoms with Crippen LogP contribution in [0.15, 0.2) is 12.3 Å². The second-order valence-electron chi connectivity index (χ2n) is 3.98. The van der Waals surface area contributed by atoms with E-state index >= 15 is 0 Å². The van der Waals surface area contributed by atoms with Gasteiger partial charge >= 0.3 is 0 Å². The van der Waals surface area contributed by atoms with Gasteiger partial charge in [-0.25, -0.2) is 0 Å². The molecule has 0 bridgehead atoms. The highest BCUT2D eigenvalue weighted by Crippen LogP contribution is 2.27. The van der Waals surface area contributed by atoms with E-state index in [0.717, 1.165) is 18.3 Å². The molecule has 1 rings (SSSR count). The first-order chi connectivity index (χ1) is 5.11. The van der Waals surface area contributed by atoms with Gasteiger partial charge in [-0.1, -0.05) is 20.4 Å². The molecule has 1 fully saturated rings. The molecular formula is C10H19N. The molecule has 1 heterocycles. The third-order valence-corrected chi connectivity index (χ3v) is 2.71. The molecule has 0 aliphatic carbocycles. The maximum atomic E-state index is 3.95. The first-order valence-electron chi connectivity index (χ1n) is 4.55. The predicted molar refractivity (Wildman–Crippen MR) is 49.3 cm³/mol. The van der Waals surface area contributed by atoms with E-state index in [-0.39, 0.29) is 0 Å². The summed E-state index contributed by atoms with van der Waals surface area (Å²) in [5, 5.41) is 3.42. The number of hydrogen-bond donors (Lipinski definition) is 1. The normalized spacial score (nSPS) is 32.2. The van der Waals surface area contributed by atoms with Crippen LogP contribution < -0.4 is 5.32 Å². The fourth-order valence-electron chi connectivity index (χ4n) is 2.00. The van der Waals surface area contributed by atoms with Gasteiger partial charge in [0.15, 0.2) is 0 Å². The third kappa shape index (κ3) is 1.98. The van der Waals surface area contributed by atoms with Crippen LogP contribution in [0, 0.1) is 11.8 Å². The van der Waals surface area contributed by atoms with E-state index in [4.69, 9.17) is 0 Å². The minimum Gasteiger partial charge on any atom is -0.386 e. The maximum absolute atomic E-state index is 3.95. The van der Waals surface area contributed by atoms with Crippen LogP contribution in [0.5, 0.6) is 0 Å². The quantitative estimate of drug-likeness (QED) is 0.610. The van der Waals surface area contributed by atoms with Crippen LogP contribution in [-0.2, 0) is 0 Å². The van der Waals surface area contributed by atoms with Crippen LogP contribution in [0.4, 0.5) is 0 Å². The zero-order chi connectivity index (χ0) is 8.43. The Labute approximate surface area is 69.9 Å². The number of rotatable bonds is 1. The van der Waals surface area contributed by atoms with E-state index in [0.29, 0.717) is 6.04 Å². The summed E-state index contributed by atoms with van der Waals surface area (Å²) in [6.07, 6.45) is 2.47. The van der Waals surface area contributed by atoms with E-state index < -0.39 is 0 Å². The minimum atomic E-state index is 0.622. The number of piperidine rings is 1. The Bertz CT molecular complexity index is 149. The van der Waals surface area contributed by atoms with Crippen LogP contribution in [0.2, 0.25) is 0 Å². The van der Waals surface area contributed by atoms with Crippen molar-refractivity contribution in [3.05, 3.63) is 12.3 Å². The Morgan fingerprint density at radius 3 is 2.64 bits per heavy atom. The summed E-state index contributed by atoms with van der Waals surface area (Å²) in [4.78, 5) is 0. The van der Waals surface area contributed by atoms with Crippen LogP contribution >= 0.6 is 0 Å². The molecule has 0 aromatic carbocycles. The molecule has 2 atom stereocenters. The van der Waals surface area contributed by atoms with Crippen molar-refractivity contribution < 1.29 is 0 Å². The molecule has 64 valence electrons. The summed E-state index contributed by atoms with van der Waals surface area (Å²) in [6.45, 7) is 10.8. The smallest absolute Gasteiger partial charge is 0.0260 e. The Morgan fingerprint density at radius 1 is 1.55 bits per heavy atom. The van der Waals surface area contributed by atoms with E-state index in [1.165, 1.54) is 12.1 Å². The summed E-state index contributed by atoms with van der Waals surface area (Å²) in [5.41, 5.74) is 1.22. The second-order valence-corrected chi connectivity index (χ2v) is 3.98. The Morgan fingerprint density at radius 2 is 2.18 bits per heavy atom. The molecule has 1 aliphatic heterocycles. The SMILES string of the molecule is C=C1CCC(C(C)C)C(C)N1. The van der Waals surface area contributed by atoms with Gasteiger partial charge in [0.1, 0.15) is 0 Å². The monoisotopic (exact) mass is 153 g/mol. The molecular weight excluding hydrogens is 134 g/mol. The lowest BCUT2D eigenvalue weighted by Gasteiger charge is -2.34. The van der Waals surface area contributed by atoms with Crippen molar-refractivity contribution in [2.45, 2.75) is 39.7 Å². The highest BCUT2D eigenvalue weighted by molar-refractivity contribution is 5.00. The number of allylic oxidation sites excluding steroid dienone is 1. The summed E-state index contributed by atoms with van der Waals surface area (Å²) in [5.74, 6) is 1.63. The van der Waals surface area contributed by atoms with Gasteiger partial charge in [0.2, 0.25) is 0 Å². The Hall–Kier alpha value is -0.460. The minimum absolute atomic E-state index is 0.622. The average molecular weight is 153 g/mol. The third-order valence-electron chi connectivity index (χ3n) is 2.71. The summed E-state index contributed by atoms with van der Waals surface area (Å²) in [7, 11) is 0. The predicted octanol–water partition coefficient (Wildman–Crippen LogP) is 2.54. The van der Waals surface area contributed by atoms with Gasteiger partial charge < -0.3 is 5.32 Å². The highest BCUT2D eigenvalue weighted by Gasteiger charge is 2.24. The zero-order valence-electron chi connectivity index (χ0n) is 7.85. The molecule has 1 saturated heterocycles. The molecule has 1 N–H and O–H groups in total. The lowest BCUT2D eigenvalue weighted by Crippen LogP contribution is -2.39. The molecule has 11 heavy (non-hydrogen) atoms. The lowest BCUT2D eigenvalue weighted by atomic mass is 9.82. The molecule has 0 saturated carbocycles. The fraction of sp³-hybridized carbons (Fsp3) is 0.800. The van der Waals surface area contributed by atoms with E-state index in [2.05, 4.69) is 32.7 Å². The summed E-state index contributed by atoms with van der Waals surface area (Å²) in [6, 6.07) is 0.622. The van der Waals surface area contributed by atoms with E-state index in [9.17, 15) is 0 Å². The van der Waals surface area contributed by atoms with E-state index in [1.807, 2.05) is 0 Å². The van der Waals surface area contributed by atoms with Gasteiger partial charge in [0.25, 0.3) is 0 Å². The zero-order valence-corrected chi connectivity index (χ0v) is 7.85. The summed E-state index contributed by atoms with van der Waals surface area (Å²) >= 11 is 0. The van der Waals surface area contributed by atoms with Gasteiger partial charge in [-0.05, 0) is 31.6 Å². The first-order valence-corrected chi connectivity index (χ1v) is 4.55. The van der Waals surface area contributed by atoms with Crippen molar-refractivity contribution in [1.29, 1.82) is 0 Å². The second kappa shape index (κ2) is 3.29. The topological polar surface area (TPSA) is 12.0 Å². The maximum Gasteiger partial charge on any atom is 0.0260 e. The van der Waals surface area contributed by atoms with Gasteiger partial charge in [-0.15, -0.1) is 0 Å². The molecule has 0 amide bonds. The van der Waals surface area contributed by atoms with Crippen molar-refractivity contribution in [1.82, 2.24) is 5.32 Å².